The predicted molar refractivity (Wildman–Crippen MR) is 107 cm³/mol. The third kappa shape index (κ3) is 4.25. The van der Waals surface area contributed by atoms with Crippen molar-refractivity contribution in [2.45, 2.75) is 31.8 Å². The van der Waals surface area contributed by atoms with E-state index in [1.54, 1.807) is 24.4 Å². The number of hydrogen-bond donors (Lipinski definition) is 2. The Bertz CT molecular complexity index is 1130. The van der Waals surface area contributed by atoms with Crippen LogP contribution in [0.3, 0.4) is 0 Å². The summed E-state index contributed by atoms with van der Waals surface area (Å²) in [5.41, 5.74) is 1.14. The summed E-state index contributed by atoms with van der Waals surface area (Å²) >= 11 is 0. The van der Waals surface area contributed by atoms with Crippen LogP contribution in [0.15, 0.2) is 42.6 Å². The lowest BCUT2D eigenvalue weighted by molar-refractivity contribution is -0.116. The van der Waals surface area contributed by atoms with Crippen molar-refractivity contribution in [3.8, 4) is 11.5 Å². The van der Waals surface area contributed by atoms with Crippen molar-refractivity contribution < 1.29 is 31.8 Å². The van der Waals surface area contributed by atoms with Gasteiger partial charge in [0.15, 0.2) is 0 Å². The molecule has 0 saturated carbocycles. The van der Waals surface area contributed by atoms with Gasteiger partial charge in [0.25, 0.3) is 12.9 Å². The second-order valence-corrected chi connectivity index (χ2v) is 7.26. The molecule has 1 aliphatic heterocycles. The number of benzene rings is 2. The van der Waals surface area contributed by atoms with Gasteiger partial charge in [-0.2, -0.15) is 5.10 Å². The summed E-state index contributed by atoms with van der Waals surface area (Å²) in [4.78, 5) is 12.0. The number of hydrogen-bond acceptors (Lipinski definition) is 4. The molecule has 10 heteroatoms. The van der Waals surface area contributed by atoms with Crippen molar-refractivity contribution in [2.75, 3.05) is 12.4 Å². The maximum absolute atomic E-state index is 13.3. The highest BCUT2D eigenvalue weighted by atomic mass is 19.3. The molecule has 6 nitrogen and oxygen atoms in total. The van der Waals surface area contributed by atoms with Crippen LogP contribution in [0.1, 0.15) is 53.0 Å². The van der Waals surface area contributed by atoms with Crippen LogP contribution in [0, 0.1) is 0 Å². The van der Waals surface area contributed by atoms with Gasteiger partial charge in [-0.15, -0.1) is 0 Å². The number of carbonyl (C=O) groups is 1. The molecule has 0 bridgehead atoms. The minimum absolute atomic E-state index is 0.112. The molecule has 1 unspecified atom stereocenters. The minimum Gasteiger partial charge on any atom is -0.496 e. The van der Waals surface area contributed by atoms with Gasteiger partial charge in [-0.3, -0.25) is 9.89 Å². The molecular weight excluding hydrogens is 430 g/mol. The summed E-state index contributed by atoms with van der Waals surface area (Å²) < 4.78 is 63.3. The van der Waals surface area contributed by atoms with Gasteiger partial charge in [-0.05, 0) is 29.8 Å². The summed E-state index contributed by atoms with van der Waals surface area (Å²) in [6.45, 7) is -0.112. The van der Waals surface area contributed by atoms with Gasteiger partial charge in [0, 0.05) is 29.0 Å². The number of methoxy groups -OCH3 is 1. The van der Waals surface area contributed by atoms with Crippen LogP contribution >= 0.6 is 0 Å². The average molecular weight is 449 g/mol. The topological polar surface area (TPSA) is 76.2 Å². The monoisotopic (exact) mass is 449 g/mol. The van der Waals surface area contributed by atoms with Gasteiger partial charge in [-0.1, -0.05) is 12.1 Å². The molecule has 0 fully saturated rings. The molecule has 4 rings (SSSR count). The number of nitrogens with one attached hydrogen (secondary N) is 2. The van der Waals surface area contributed by atoms with E-state index in [9.17, 15) is 22.4 Å². The normalized spacial score (nSPS) is 15.6. The van der Waals surface area contributed by atoms with Crippen molar-refractivity contribution in [3.05, 3.63) is 70.4 Å². The molecule has 2 N–H and O–H groups in total. The first-order valence-corrected chi connectivity index (χ1v) is 9.70. The van der Waals surface area contributed by atoms with Crippen LogP contribution in [0.2, 0.25) is 0 Å². The van der Waals surface area contributed by atoms with Crippen LogP contribution in [-0.2, 0) is 11.4 Å². The zero-order chi connectivity index (χ0) is 22.8. The Hall–Kier alpha value is -3.56. The average Bonchev–Trinajstić information content (AvgIpc) is 3.25. The summed E-state index contributed by atoms with van der Waals surface area (Å²) in [5.74, 6) is 0.437. The fourth-order valence-electron chi connectivity index (χ4n) is 3.70. The van der Waals surface area contributed by atoms with E-state index in [4.69, 9.17) is 9.47 Å². The van der Waals surface area contributed by atoms with Gasteiger partial charge in [0.2, 0.25) is 5.91 Å². The number of ether oxygens (including phenoxy) is 2. The first-order chi connectivity index (χ1) is 15.4. The van der Waals surface area contributed by atoms with Gasteiger partial charge in [0.05, 0.1) is 18.9 Å². The second kappa shape index (κ2) is 8.89. The van der Waals surface area contributed by atoms with Gasteiger partial charge in [0.1, 0.15) is 23.9 Å². The lowest BCUT2D eigenvalue weighted by atomic mass is 9.87. The molecule has 1 aromatic heterocycles. The number of amides is 1. The van der Waals surface area contributed by atoms with E-state index in [1.807, 2.05) is 0 Å². The van der Waals surface area contributed by atoms with E-state index in [-0.39, 0.29) is 30.6 Å². The van der Waals surface area contributed by atoms with E-state index in [2.05, 4.69) is 15.5 Å². The quantitative estimate of drug-likeness (QED) is 0.477. The second-order valence-electron chi connectivity index (χ2n) is 7.26. The van der Waals surface area contributed by atoms with Crippen LogP contribution < -0.4 is 14.8 Å². The molecule has 0 spiro atoms. The van der Waals surface area contributed by atoms with Crippen LogP contribution in [0.25, 0.3) is 0 Å². The van der Waals surface area contributed by atoms with Crippen molar-refractivity contribution in [1.82, 2.24) is 10.2 Å². The van der Waals surface area contributed by atoms with E-state index < -0.39 is 24.0 Å². The first kappa shape index (κ1) is 21.7. The highest BCUT2D eigenvalue weighted by molar-refractivity contribution is 5.94. The largest absolute Gasteiger partial charge is 0.496 e. The van der Waals surface area contributed by atoms with Crippen molar-refractivity contribution in [3.63, 3.8) is 0 Å². The molecule has 0 aliphatic carbocycles. The molecule has 1 aliphatic rings. The Balaban J connectivity index is 1.57. The van der Waals surface area contributed by atoms with E-state index in [0.717, 1.165) is 29.3 Å². The van der Waals surface area contributed by atoms with Crippen LogP contribution in [0.5, 0.6) is 11.5 Å². The Morgan fingerprint density at radius 1 is 1.09 bits per heavy atom. The third-order valence-electron chi connectivity index (χ3n) is 5.32. The van der Waals surface area contributed by atoms with Crippen molar-refractivity contribution >= 4 is 11.7 Å². The molecule has 168 valence electrons. The highest BCUT2D eigenvalue weighted by Crippen LogP contribution is 2.38. The number of alkyl halides is 4. The van der Waals surface area contributed by atoms with Gasteiger partial charge in [-0.25, -0.2) is 17.6 Å². The van der Waals surface area contributed by atoms with Crippen LogP contribution in [-0.4, -0.2) is 23.2 Å². The number of rotatable bonds is 7. The van der Waals surface area contributed by atoms with Gasteiger partial charge >= 0.3 is 0 Å². The Labute approximate surface area is 180 Å². The number of carbonyl (C=O) groups excluding carboxylic acids is 1. The van der Waals surface area contributed by atoms with E-state index in [0.29, 0.717) is 17.1 Å². The van der Waals surface area contributed by atoms with E-state index in [1.165, 1.54) is 7.11 Å². The SMILES string of the molecule is COc1cc(C2CC(=O)Nc3[nH]ncc32)ccc1COc1ccc(C(F)F)cc1C(F)F. The fraction of sp³-hybridized carbons (Fsp3) is 0.273. The number of aromatic nitrogens is 2. The third-order valence-corrected chi connectivity index (χ3v) is 5.32. The molecule has 3 aromatic rings. The number of nitrogens with zero attached hydrogens (tertiary/aromatic N) is 1. The summed E-state index contributed by atoms with van der Waals surface area (Å²) in [6, 6.07) is 8.20. The molecule has 32 heavy (non-hydrogen) atoms. The highest BCUT2D eigenvalue weighted by Gasteiger charge is 2.28. The fourth-order valence-corrected chi connectivity index (χ4v) is 3.70. The lowest BCUT2D eigenvalue weighted by Crippen LogP contribution is -2.23. The zero-order valence-corrected chi connectivity index (χ0v) is 16.9. The minimum atomic E-state index is -2.96. The van der Waals surface area contributed by atoms with Crippen molar-refractivity contribution in [1.29, 1.82) is 0 Å². The van der Waals surface area contributed by atoms with Gasteiger partial charge < -0.3 is 14.8 Å². The molecule has 1 amide bonds. The van der Waals surface area contributed by atoms with Crippen LogP contribution in [0.4, 0.5) is 23.4 Å². The maximum atomic E-state index is 13.3. The van der Waals surface area contributed by atoms with Crippen molar-refractivity contribution in [2.24, 2.45) is 0 Å². The predicted octanol–water partition coefficient (Wildman–Crippen LogP) is 5.35. The lowest BCUT2D eigenvalue weighted by Gasteiger charge is -2.23. The molecule has 2 heterocycles. The number of aromatic amines is 1. The zero-order valence-electron chi connectivity index (χ0n) is 16.9. The maximum Gasteiger partial charge on any atom is 0.267 e. The molecule has 0 radical (unpaired) electrons. The number of anilines is 1. The molecule has 1 atom stereocenters. The molecule has 0 saturated heterocycles. The standard InChI is InChI=1S/C22H19F4N3O3/c1-31-18-7-11(14-8-19(30)28-22-16(14)9-27-29-22)2-3-13(18)10-32-17-5-4-12(20(23)24)6-15(17)21(25)26/h2-7,9,14,20-21H,8,10H2,1H3,(H2,27,28,29,30). The number of halogens is 4. The Morgan fingerprint density at radius 2 is 1.91 bits per heavy atom. The molecular formula is C22H19F4N3O3. The number of fused-ring (bicyclic) bond motifs is 1. The Morgan fingerprint density at radius 3 is 2.62 bits per heavy atom. The first-order valence-electron chi connectivity index (χ1n) is 9.70. The Kier molecular flexibility index (Phi) is 6.02. The van der Waals surface area contributed by atoms with E-state index >= 15 is 0 Å². The smallest absolute Gasteiger partial charge is 0.267 e. The summed E-state index contributed by atoms with van der Waals surface area (Å²) in [5, 5.41) is 9.45. The summed E-state index contributed by atoms with van der Waals surface area (Å²) in [6.07, 6.45) is -3.93. The summed E-state index contributed by atoms with van der Waals surface area (Å²) in [7, 11) is 1.46. The molecule has 2 aromatic carbocycles. The number of H-pyrrole nitrogens is 1.